The number of methoxy groups -OCH3 is 1. The lowest BCUT2D eigenvalue weighted by atomic mass is 9.68. The smallest absolute Gasteiger partial charge is 0.303 e. The molecule has 114 valence electrons. The quantitative estimate of drug-likeness (QED) is 0.809. The number of carbonyl (C=O) groups excluding carboxylic acids is 1. The first kappa shape index (κ1) is 15.5. The molecule has 0 bridgehead atoms. The van der Waals surface area contributed by atoms with Gasteiger partial charge in [0.05, 0.1) is 12.0 Å². The van der Waals surface area contributed by atoms with Crippen LogP contribution in [0.2, 0.25) is 0 Å². The van der Waals surface area contributed by atoms with Crippen molar-refractivity contribution in [1.29, 1.82) is 0 Å². The monoisotopic (exact) mass is 291 g/mol. The number of aliphatic carboxylic acids is 1. The summed E-state index contributed by atoms with van der Waals surface area (Å²) >= 11 is 0. The van der Waals surface area contributed by atoms with Crippen LogP contribution in [0.3, 0.4) is 0 Å². The first-order chi connectivity index (χ1) is 10.1. The number of anilines is 1. The molecule has 0 aliphatic heterocycles. The van der Waals surface area contributed by atoms with Gasteiger partial charge < -0.3 is 15.2 Å². The summed E-state index contributed by atoms with van der Waals surface area (Å²) in [6.45, 7) is 0.442. The average molecular weight is 291 g/mol. The summed E-state index contributed by atoms with van der Waals surface area (Å²) in [6.07, 6.45) is 3.31. The Balaban J connectivity index is 2.00. The highest BCUT2D eigenvalue weighted by molar-refractivity contribution is 5.96. The largest absolute Gasteiger partial charge is 0.481 e. The number of benzene rings is 1. The Morgan fingerprint density at radius 3 is 2.71 bits per heavy atom. The Kier molecular flexibility index (Phi) is 4.96. The fourth-order valence-corrected chi connectivity index (χ4v) is 2.64. The predicted octanol–water partition coefficient (Wildman–Crippen LogP) is 2.46. The molecular weight excluding hydrogens is 270 g/mol. The van der Waals surface area contributed by atoms with E-state index in [0.717, 1.165) is 24.8 Å². The number of carbonyl (C=O) groups is 2. The lowest BCUT2D eigenvalue weighted by Gasteiger charge is -2.39. The molecule has 1 aromatic rings. The number of ether oxygens (including phenoxy) is 1. The van der Waals surface area contributed by atoms with Crippen molar-refractivity contribution in [3.8, 4) is 0 Å². The van der Waals surface area contributed by atoms with Crippen LogP contribution in [0, 0.1) is 5.41 Å². The van der Waals surface area contributed by atoms with Crippen molar-refractivity contribution in [2.45, 2.75) is 32.1 Å². The minimum Gasteiger partial charge on any atom is -0.481 e. The summed E-state index contributed by atoms with van der Waals surface area (Å²) in [6, 6.07) is 7.35. The van der Waals surface area contributed by atoms with Gasteiger partial charge in [-0.2, -0.15) is 0 Å². The number of nitrogens with one attached hydrogen (secondary N) is 1. The lowest BCUT2D eigenvalue weighted by Crippen LogP contribution is -2.45. The van der Waals surface area contributed by atoms with Crippen LogP contribution >= 0.6 is 0 Å². The van der Waals surface area contributed by atoms with Crippen LogP contribution in [0.25, 0.3) is 0 Å². The second-order valence-electron chi connectivity index (χ2n) is 5.62. The van der Waals surface area contributed by atoms with E-state index in [9.17, 15) is 9.59 Å². The maximum absolute atomic E-state index is 12.4. The van der Waals surface area contributed by atoms with E-state index in [1.54, 1.807) is 7.11 Å². The highest BCUT2D eigenvalue weighted by Gasteiger charge is 2.44. The molecule has 1 aliphatic rings. The molecular formula is C16H21NO4. The number of amides is 1. The minimum absolute atomic E-state index is 0.00835. The van der Waals surface area contributed by atoms with E-state index in [4.69, 9.17) is 9.84 Å². The molecule has 0 atom stereocenters. The number of carboxylic acid groups (broad SMARTS) is 1. The molecule has 21 heavy (non-hydrogen) atoms. The summed E-state index contributed by atoms with van der Waals surface area (Å²) in [4.78, 5) is 23.0. The fraction of sp³-hybridized carbons (Fsp3) is 0.500. The minimum atomic E-state index is -0.821. The highest BCUT2D eigenvalue weighted by Crippen LogP contribution is 2.42. The fourth-order valence-electron chi connectivity index (χ4n) is 2.64. The molecule has 0 aromatic heterocycles. The van der Waals surface area contributed by atoms with Crippen molar-refractivity contribution >= 4 is 17.6 Å². The van der Waals surface area contributed by atoms with Crippen LogP contribution < -0.4 is 5.32 Å². The number of hydrogen-bond acceptors (Lipinski definition) is 3. The molecule has 1 amide bonds. The third-order valence-electron chi connectivity index (χ3n) is 4.03. The van der Waals surface area contributed by atoms with Crippen molar-refractivity contribution in [3.63, 3.8) is 0 Å². The van der Waals surface area contributed by atoms with Crippen LogP contribution in [0.4, 0.5) is 5.69 Å². The number of carboxylic acids is 1. The Morgan fingerprint density at radius 1 is 1.38 bits per heavy atom. The molecule has 5 nitrogen and oxygen atoms in total. The third kappa shape index (κ3) is 3.82. The number of rotatable bonds is 7. The molecule has 2 N–H and O–H groups in total. The van der Waals surface area contributed by atoms with Crippen molar-refractivity contribution in [1.82, 2.24) is 0 Å². The topological polar surface area (TPSA) is 75.6 Å². The van der Waals surface area contributed by atoms with Gasteiger partial charge in [0.2, 0.25) is 5.91 Å². The van der Waals surface area contributed by atoms with Gasteiger partial charge in [-0.25, -0.2) is 0 Å². The second kappa shape index (κ2) is 6.72. The van der Waals surface area contributed by atoms with Crippen LogP contribution in [-0.2, 0) is 20.7 Å². The lowest BCUT2D eigenvalue weighted by molar-refractivity contribution is -0.137. The molecule has 2 rings (SSSR count). The second-order valence-corrected chi connectivity index (χ2v) is 5.62. The predicted molar refractivity (Wildman–Crippen MR) is 79.2 cm³/mol. The van der Waals surface area contributed by atoms with Crippen molar-refractivity contribution in [2.24, 2.45) is 5.41 Å². The van der Waals surface area contributed by atoms with E-state index in [1.807, 2.05) is 24.3 Å². The molecule has 0 heterocycles. The van der Waals surface area contributed by atoms with Crippen molar-refractivity contribution in [3.05, 3.63) is 29.8 Å². The van der Waals surface area contributed by atoms with Gasteiger partial charge in [-0.3, -0.25) is 9.59 Å². The van der Waals surface area contributed by atoms with E-state index < -0.39 is 11.4 Å². The standard InChI is InChI=1S/C16H21NO4/c1-21-11-16(8-3-9-16)15(20)17-13-5-2-4-12(10-13)6-7-14(18)19/h2,4-5,10H,3,6-9,11H2,1H3,(H,17,20)(H,18,19). The van der Waals surface area contributed by atoms with Gasteiger partial charge in [0.1, 0.15) is 0 Å². The molecule has 5 heteroatoms. The van der Waals surface area contributed by atoms with E-state index in [0.29, 0.717) is 18.7 Å². The Bertz CT molecular complexity index is 523. The van der Waals surface area contributed by atoms with E-state index >= 15 is 0 Å². The van der Waals surface area contributed by atoms with E-state index in [-0.39, 0.29) is 12.3 Å². The molecule has 1 aromatic carbocycles. The third-order valence-corrected chi connectivity index (χ3v) is 4.03. The first-order valence-corrected chi connectivity index (χ1v) is 7.17. The molecule has 1 aliphatic carbocycles. The SMILES string of the molecule is COCC1(C(=O)Nc2cccc(CCC(=O)O)c2)CCC1. The zero-order valence-corrected chi connectivity index (χ0v) is 12.2. The first-order valence-electron chi connectivity index (χ1n) is 7.17. The molecule has 0 saturated heterocycles. The van der Waals surface area contributed by atoms with Crippen LogP contribution in [0.15, 0.2) is 24.3 Å². The summed E-state index contributed by atoms with van der Waals surface area (Å²) in [7, 11) is 1.61. The van der Waals surface area contributed by atoms with Gasteiger partial charge >= 0.3 is 5.97 Å². The molecule has 0 spiro atoms. The zero-order chi connectivity index (χ0) is 15.3. The Labute approximate surface area is 124 Å². The van der Waals surface area contributed by atoms with Gasteiger partial charge in [0, 0.05) is 19.2 Å². The van der Waals surface area contributed by atoms with E-state index in [2.05, 4.69) is 5.32 Å². The van der Waals surface area contributed by atoms with Crippen LogP contribution in [0.5, 0.6) is 0 Å². The van der Waals surface area contributed by atoms with Gasteiger partial charge in [-0.05, 0) is 37.0 Å². The maximum atomic E-state index is 12.4. The average Bonchev–Trinajstić information content (AvgIpc) is 2.41. The summed E-state index contributed by atoms with van der Waals surface area (Å²) < 4.78 is 5.17. The zero-order valence-electron chi connectivity index (χ0n) is 12.2. The Hall–Kier alpha value is -1.88. The number of hydrogen-bond donors (Lipinski definition) is 2. The van der Waals surface area contributed by atoms with Crippen LogP contribution in [0.1, 0.15) is 31.2 Å². The summed E-state index contributed by atoms with van der Waals surface area (Å²) in [5.74, 6) is -0.830. The number of aryl methyl sites for hydroxylation is 1. The van der Waals surface area contributed by atoms with Crippen molar-refractivity contribution in [2.75, 3.05) is 19.0 Å². The van der Waals surface area contributed by atoms with Gasteiger partial charge in [-0.15, -0.1) is 0 Å². The molecule has 0 radical (unpaired) electrons. The molecule has 0 unspecified atom stereocenters. The summed E-state index contributed by atoms with van der Waals surface area (Å²) in [5.41, 5.74) is 1.22. The Morgan fingerprint density at radius 2 is 2.14 bits per heavy atom. The summed E-state index contributed by atoms with van der Waals surface area (Å²) in [5, 5.41) is 11.6. The normalized spacial score (nSPS) is 16.0. The van der Waals surface area contributed by atoms with Crippen molar-refractivity contribution < 1.29 is 19.4 Å². The van der Waals surface area contributed by atoms with Gasteiger partial charge in [0.25, 0.3) is 0 Å². The van der Waals surface area contributed by atoms with Crippen LogP contribution in [-0.4, -0.2) is 30.7 Å². The molecule has 1 fully saturated rings. The van der Waals surface area contributed by atoms with E-state index in [1.165, 1.54) is 0 Å². The van der Waals surface area contributed by atoms with Gasteiger partial charge in [0.15, 0.2) is 0 Å². The molecule has 1 saturated carbocycles. The maximum Gasteiger partial charge on any atom is 0.303 e. The highest BCUT2D eigenvalue weighted by atomic mass is 16.5. The van der Waals surface area contributed by atoms with Gasteiger partial charge in [-0.1, -0.05) is 18.6 Å².